The standard InChI is InChI=1S/C17H20O6.4Ac/c18-8-13-14(19)16(15(20)17(21)23-13)22-9-10-5-6-11-3-1-2-4-12(11)7-10;;;;/h1-7,13-21H,8-9H2;;;;/t13?,14-,15?,16+,17?;;;;/m1..../s1. The third kappa shape index (κ3) is 9.18. The molecule has 2 aromatic rings. The van der Waals surface area contributed by atoms with Crippen LogP contribution in [0.4, 0.5) is 0 Å². The number of rotatable bonds is 4. The molecular weight excluding hydrogens is 1210 g/mol. The molecule has 3 unspecified atom stereocenters. The Labute approximate surface area is 301 Å². The third-order valence-electron chi connectivity index (χ3n) is 4.10. The minimum Gasteiger partial charge on any atom is -0.394 e. The van der Waals surface area contributed by atoms with E-state index in [9.17, 15) is 15.3 Å². The zero-order valence-corrected chi connectivity index (χ0v) is 33.7. The van der Waals surface area contributed by atoms with Gasteiger partial charge in [-0.3, -0.25) is 0 Å². The van der Waals surface area contributed by atoms with Crippen LogP contribution in [0.2, 0.25) is 0 Å². The third-order valence-corrected chi connectivity index (χ3v) is 4.10. The van der Waals surface area contributed by atoms with E-state index in [1.54, 1.807) is 0 Å². The van der Waals surface area contributed by atoms with Crippen LogP contribution in [0.5, 0.6) is 0 Å². The summed E-state index contributed by atoms with van der Waals surface area (Å²) >= 11 is 0. The van der Waals surface area contributed by atoms with Crippen LogP contribution in [0, 0.1) is 176 Å². The largest absolute Gasteiger partial charge is 0.394 e. The average Bonchev–Trinajstić information content (AvgIpc) is 2.58. The van der Waals surface area contributed by atoms with Crippen molar-refractivity contribution in [3.8, 4) is 0 Å². The molecule has 1 fully saturated rings. The molecule has 1 aliphatic rings. The number of aliphatic hydroxyl groups is 4. The Morgan fingerprint density at radius 1 is 0.852 bits per heavy atom. The first-order chi connectivity index (χ1) is 11.1. The quantitative estimate of drug-likeness (QED) is 0.349. The van der Waals surface area contributed by atoms with Gasteiger partial charge in [0.15, 0.2) is 6.29 Å². The Balaban J connectivity index is 0. The van der Waals surface area contributed by atoms with E-state index in [0.717, 1.165) is 16.3 Å². The van der Waals surface area contributed by atoms with Gasteiger partial charge in [0.1, 0.15) is 24.4 Å². The fourth-order valence-corrected chi connectivity index (χ4v) is 2.79. The first-order valence-electron chi connectivity index (χ1n) is 7.50. The van der Waals surface area contributed by atoms with E-state index in [-0.39, 0.29) is 183 Å². The smallest absolute Gasteiger partial charge is 0.184 e. The molecule has 0 bridgehead atoms. The molecule has 4 radical (unpaired) electrons. The summed E-state index contributed by atoms with van der Waals surface area (Å²) in [6.45, 7) is -0.310. The van der Waals surface area contributed by atoms with Crippen molar-refractivity contribution in [3.63, 3.8) is 0 Å². The topological polar surface area (TPSA) is 99.4 Å². The second-order valence-electron chi connectivity index (χ2n) is 5.69. The molecule has 1 heterocycles. The van der Waals surface area contributed by atoms with E-state index in [1.165, 1.54) is 0 Å². The summed E-state index contributed by atoms with van der Waals surface area (Å²) in [6.07, 6.45) is -6.14. The molecule has 0 saturated carbocycles. The van der Waals surface area contributed by atoms with E-state index < -0.39 is 37.3 Å². The van der Waals surface area contributed by atoms with Crippen LogP contribution in [0.15, 0.2) is 42.5 Å². The molecule has 10 heteroatoms. The maximum Gasteiger partial charge on any atom is 0.184 e. The average molecular weight is 1230 g/mol. The van der Waals surface area contributed by atoms with Gasteiger partial charge in [-0.2, -0.15) is 0 Å². The Morgan fingerprint density at radius 2 is 1.48 bits per heavy atom. The summed E-state index contributed by atoms with van der Waals surface area (Å²) < 4.78 is 10.5. The van der Waals surface area contributed by atoms with Gasteiger partial charge in [0.05, 0.1) is 13.2 Å². The van der Waals surface area contributed by atoms with Crippen molar-refractivity contribution >= 4 is 10.8 Å². The first-order valence-corrected chi connectivity index (χ1v) is 7.50. The fraction of sp³-hybridized carbons (Fsp3) is 0.412. The Kier molecular flexibility index (Phi) is 20.8. The zero-order chi connectivity index (χ0) is 16.4. The second kappa shape index (κ2) is 16.8. The first kappa shape index (κ1) is 33.4. The van der Waals surface area contributed by atoms with Crippen LogP contribution in [-0.2, 0) is 16.1 Å². The molecule has 2 aromatic carbocycles. The molecular formula is C17H20Ac4O6. The molecule has 27 heavy (non-hydrogen) atoms. The molecule has 3 rings (SSSR count). The zero-order valence-electron chi connectivity index (χ0n) is 14.8. The number of ether oxygens (including phenoxy) is 2. The molecule has 0 amide bonds. The van der Waals surface area contributed by atoms with Gasteiger partial charge in [0.25, 0.3) is 0 Å². The van der Waals surface area contributed by atoms with E-state index >= 15 is 0 Å². The fourth-order valence-electron chi connectivity index (χ4n) is 2.79. The molecule has 1 aliphatic heterocycles. The molecule has 4 N–H and O–H groups in total. The summed E-state index contributed by atoms with van der Waals surface area (Å²) in [5.74, 6) is 0. The molecule has 0 spiro atoms. The SMILES string of the molecule is OCC1OC(O)C(O)[C@@H](OCc2ccc3ccccc3c2)[C@@H]1O.[Ac].[Ac].[Ac].[Ac]. The maximum absolute atomic E-state index is 10.1. The van der Waals surface area contributed by atoms with E-state index in [2.05, 4.69) is 0 Å². The molecule has 1 saturated heterocycles. The summed E-state index contributed by atoms with van der Waals surface area (Å²) in [5.41, 5.74) is 0.879. The summed E-state index contributed by atoms with van der Waals surface area (Å²) in [6, 6.07) is 13.7. The van der Waals surface area contributed by atoms with Gasteiger partial charge in [0.2, 0.25) is 0 Å². The minimum absolute atomic E-state index is 0. The Hall–Kier alpha value is 4.23. The van der Waals surface area contributed by atoms with Crippen molar-refractivity contribution < 1.29 is 206 Å². The van der Waals surface area contributed by atoms with Crippen molar-refractivity contribution in [3.05, 3.63) is 48.0 Å². The molecule has 6 nitrogen and oxygen atoms in total. The van der Waals surface area contributed by atoms with Crippen LogP contribution < -0.4 is 0 Å². The predicted octanol–water partition coefficient (Wildman–Crippen LogP) is 0.156. The van der Waals surface area contributed by atoms with Crippen molar-refractivity contribution in [2.75, 3.05) is 6.61 Å². The minimum atomic E-state index is -1.50. The monoisotopic (exact) mass is 1230 g/mol. The number of benzene rings is 2. The van der Waals surface area contributed by atoms with Gasteiger partial charge in [-0.15, -0.1) is 0 Å². The van der Waals surface area contributed by atoms with Gasteiger partial charge < -0.3 is 29.9 Å². The van der Waals surface area contributed by atoms with Crippen LogP contribution in [0.3, 0.4) is 0 Å². The molecule has 0 aliphatic carbocycles. The van der Waals surface area contributed by atoms with Crippen molar-refractivity contribution in [1.29, 1.82) is 0 Å². The van der Waals surface area contributed by atoms with Gasteiger partial charge in [-0.05, 0) is 22.4 Å². The van der Waals surface area contributed by atoms with Crippen molar-refractivity contribution in [2.24, 2.45) is 0 Å². The summed E-state index contributed by atoms with van der Waals surface area (Å²) in [7, 11) is 0. The van der Waals surface area contributed by atoms with Crippen molar-refractivity contribution in [1.82, 2.24) is 0 Å². The van der Waals surface area contributed by atoms with E-state index in [0.29, 0.717) is 0 Å². The Bertz CT molecular complexity index is 677. The van der Waals surface area contributed by atoms with E-state index in [1.807, 2.05) is 42.5 Å². The number of hydrogen-bond donors (Lipinski definition) is 4. The summed E-state index contributed by atoms with van der Waals surface area (Å²) in [4.78, 5) is 0. The normalized spacial score (nSPS) is 26.7. The van der Waals surface area contributed by atoms with E-state index in [4.69, 9.17) is 14.6 Å². The predicted molar refractivity (Wildman–Crippen MR) is 82.5 cm³/mol. The van der Waals surface area contributed by atoms with Crippen molar-refractivity contribution in [2.45, 2.75) is 37.3 Å². The second-order valence-corrected chi connectivity index (χ2v) is 5.69. The van der Waals surface area contributed by atoms with Gasteiger partial charge in [-0.25, -0.2) is 0 Å². The van der Waals surface area contributed by atoms with Crippen LogP contribution in [0.1, 0.15) is 5.56 Å². The molecule has 0 aromatic heterocycles. The Morgan fingerprint density at radius 3 is 2.11 bits per heavy atom. The number of fused-ring (bicyclic) bond motifs is 1. The van der Waals surface area contributed by atoms with Gasteiger partial charge >= 0.3 is 0 Å². The maximum atomic E-state index is 10.1. The van der Waals surface area contributed by atoms with Gasteiger partial charge in [0, 0.05) is 176 Å². The van der Waals surface area contributed by atoms with Crippen LogP contribution in [0.25, 0.3) is 10.8 Å². The number of hydrogen-bond acceptors (Lipinski definition) is 6. The molecule has 136 valence electrons. The number of aliphatic hydroxyl groups excluding tert-OH is 4. The summed E-state index contributed by atoms with van der Waals surface area (Å²) in [5, 5.41) is 41.0. The van der Waals surface area contributed by atoms with Crippen LogP contribution >= 0.6 is 0 Å². The molecule has 5 atom stereocenters. The van der Waals surface area contributed by atoms with Crippen LogP contribution in [-0.4, -0.2) is 57.7 Å². The van der Waals surface area contributed by atoms with Gasteiger partial charge in [-0.1, -0.05) is 36.4 Å².